The Kier molecular flexibility index (Phi) is 3.79. The molecule has 0 spiro atoms. The number of hydrogen-bond donors (Lipinski definition) is 2. The van der Waals surface area contributed by atoms with Gasteiger partial charge in [-0.1, -0.05) is 29.4 Å². The zero-order valence-electron chi connectivity index (χ0n) is 9.31. The number of thioether (sulfide) groups is 1. The van der Waals surface area contributed by atoms with E-state index in [0.29, 0.717) is 11.3 Å². The lowest BCUT2D eigenvalue weighted by Crippen LogP contribution is -2.32. The fourth-order valence-corrected chi connectivity index (χ4v) is 2.58. The molecule has 1 heterocycles. The molecule has 0 saturated carbocycles. The zero-order valence-corrected chi connectivity index (χ0v) is 10.9. The van der Waals surface area contributed by atoms with Crippen molar-refractivity contribution in [1.82, 2.24) is 10.6 Å². The van der Waals surface area contributed by atoms with Gasteiger partial charge in [0, 0.05) is 5.70 Å². The molecule has 1 atom stereocenters. The van der Waals surface area contributed by atoms with Crippen LogP contribution in [0.4, 0.5) is 13.2 Å². The molecule has 98 valence electrons. The Balaban J connectivity index is 2.31. The van der Waals surface area contributed by atoms with E-state index in [4.69, 9.17) is 11.6 Å². The van der Waals surface area contributed by atoms with Gasteiger partial charge >= 0.3 is 6.18 Å². The molecule has 0 amide bonds. The number of nitrogens with one attached hydrogen (secondary N) is 2. The summed E-state index contributed by atoms with van der Waals surface area (Å²) < 4.78 is 38.1. The molecule has 0 saturated heterocycles. The van der Waals surface area contributed by atoms with Crippen LogP contribution in [-0.2, 0) is 6.18 Å². The molecule has 2 nitrogen and oxygen atoms in total. The van der Waals surface area contributed by atoms with Crippen molar-refractivity contribution in [1.29, 1.82) is 0 Å². The summed E-state index contributed by atoms with van der Waals surface area (Å²) in [5.41, 5.74) is 0.283. The number of rotatable bonds is 2. The summed E-state index contributed by atoms with van der Waals surface area (Å²) in [6, 6.07) is 3.88. The number of alkyl halides is 3. The highest BCUT2D eigenvalue weighted by molar-refractivity contribution is 8.03. The molecule has 0 radical (unpaired) electrons. The Labute approximate surface area is 112 Å². The van der Waals surface area contributed by atoms with E-state index in [9.17, 15) is 13.2 Å². The van der Waals surface area contributed by atoms with Crippen molar-refractivity contribution in [3.63, 3.8) is 0 Å². The van der Waals surface area contributed by atoms with E-state index in [-0.39, 0.29) is 10.5 Å². The van der Waals surface area contributed by atoms with Crippen LogP contribution >= 0.6 is 23.4 Å². The van der Waals surface area contributed by atoms with Crippen molar-refractivity contribution in [2.45, 2.75) is 11.7 Å². The highest BCUT2D eigenvalue weighted by atomic mass is 35.5. The minimum Gasteiger partial charge on any atom is -0.360 e. The average molecular weight is 295 g/mol. The van der Waals surface area contributed by atoms with Crippen LogP contribution in [0.25, 0.3) is 5.70 Å². The van der Waals surface area contributed by atoms with Crippen LogP contribution in [0.2, 0.25) is 5.02 Å². The normalized spacial score (nSPS) is 19.6. The van der Waals surface area contributed by atoms with Gasteiger partial charge in [0.25, 0.3) is 0 Å². The molecule has 1 aromatic rings. The molecule has 18 heavy (non-hydrogen) atoms. The molecule has 1 aliphatic rings. The summed E-state index contributed by atoms with van der Waals surface area (Å²) in [6.45, 7) is 0. The van der Waals surface area contributed by atoms with Crippen LogP contribution in [0, 0.1) is 0 Å². The van der Waals surface area contributed by atoms with Gasteiger partial charge in [-0.2, -0.15) is 13.2 Å². The highest BCUT2D eigenvalue weighted by Gasteiger charge is 2.33. The summed E-state index contributed by atoms with van der Waals surface area (Å²) >= 11 is 7.03. The summed E-state index contributed by atoms with van der Waals surface area (Å²) in [5.74, 6) is 0. The number of benzene rings is 1. The lowest BCUT2D eigenvalue weighted by molar-refractivity contribution is -0.137. The Bertz CT molecular complexity index is 488. The van der Waals surface area contributed by atoms with Crippen molar-refractivity contribution < 1.29 is 13.2 Å². The SMILES string of the molecule is CNC1NC(c2ccc(Cl)c(C(F)(F)F)c2)=CS1. The second kappa shape index (κ2) is 5.03. The van der Waals surface area contributed by atoms with Crippen molar-refractivity contribution in [2.24, 2.45) is 0 Å². The standard InChI is InChI=1S/C11H10ClF3N2S/c1-16-10-17-9(5-18-10)6-2-3-8(12)7(4-6)11(13,14)15/h2-5,10,16-17H,1H3. The van der Waals surface area contributed by atoms with Gasteiger partial charge < -0.3 is 5.32 Å². The molecular formula is C11H10ClF3N2S. The fraction of sp³-hybridized carbons (Fsp3) is 0.273. The van der Waals surface area contributed by atoms with Crippen LogP contribution in [0.1, 0.15) is 11.1 Å². The molecule has 1 aromatic carbocycles. The molecule has 0 fully saturated rings. The quantitative estimate of drug-likeness (QED) is 0.873. The average Bonchev–Trinajstić information content (AvgIpc) is 2.76. The first-order valence-corrected chi connectivity index (χ1v) is 6.40. The van der Waals surface area contributed by atoms with Gasteiger partial charge in [-0.15, -0.1) is 0 Å². The summed E-state index contributed by atoms with van der Waals surface area (Å²) in [6.07, 6.45) is -4.44. The summed E-state index contributed by atoms with van der Waals surface area (Å²) in [5, 5.41) is 7.52. The molecule has 2 N–H and O–H groups in total. The van der Waals surface area contributed by atoms with Crippen molar-refractivity contribution in [2.75, 3.05) is 7.05 Å². The van der Waals surface area contributed by atoms with E-state index in [1.54, 1.807) is 18.5 Å². The molecule has 0 aromatic heterocycles. The van der Waals surface area contributed by atoms with Crippen LogP contribution in [-0.4, -0.2) is 12.5 Å². The maximum Gasteiger partial charge on any atom is 0.417 e. The Morgan fingerprint density at radius 3 is 2.67 bits per heavy atom. The predicted molar refractivity (Wildman–Crippen MR) is 68.0 cm³/mol. The molecule has 7 heteroatoms. The van der Waals surface area contributed by atoms with E-state index in [0.717, 1.165) is 6.07 Å². The van der Waals surface area contributed by atoms with Crippen molar-refractivity contribution >= 4 is 29.1 Å². The van der Waals surface area contributed by atoms with Gasteiger partial charge in [-0.05, 0) is 30.2 Å². The third-order valence-electron chi connectivity index (χ3n) is 2.45. The molecule has 0 bridgehead atoms. The molecule has 1 unspecified atom stereocenters. The third-order valence-corrected chi connectivity index (χ3v) is 3.78. The fourth-order valence-electron chi connectivity index (χ4n) is 1.55. The Morgan fingerprint density at radius 2 is 2.11 bits per heavy atom. The van der Waals surface area contributed by atoms with Crippen LogP contribution in [0.5, 0.6) is 0 Å². The second-order valence-corrected chi connectivity index (χ2v) is 5.06. The predicted octanol–water partition coefficient (Wildman–Crippen LogP) is 3.50. The smallest absolute Gasteiger partial charge is 0.360 e. The van der Waals surface area contributed by atoms with Crippen molar-refractivity contribution in [3.05, 3.63) is 39.8 Å². The monoisotopic (exact) mass is 294 g/mol. The van der Waals surface area contributed by atoms with Gasteiger partial charge in [0.2, 0.25) is 0 Å². The number of hydrogen-bond acceptors (Lipinski definition) is 3. The molecule has 0 aliphatic carbocycles. The van der Waals surface area contributed by atoms with Crippen LogP contribution < -0.4 is 10.6 Å². The molecule has 2 rings (SSSR count). The lowest BCUT2D eigenvalue weighted by Gasteiger charge is -2.14. The van der Waals surface area contributed by atoms with Gasteiger partial charge in [0.1, 0.15) is 5.50 Å². The largest absolute Gasteiger partial charge is 0.417 e. The number of halogens is 4. The Morgan fingerprint density at radius 1 is 1.39 bits per heavy atom. The van der Waals surface area contributed by atoms with Crippen LogP contribution in [0.15, 0.2) is 23.6 Å². The van der Waals surface area contributed by atoms with E-state index in [2.05, 4.69) is 10.6 Å². The van der Waals surface area contributed by atoms with Gasteiger partial charge in [0.15, 0.2) is 0 Å². The highest BCUT2D eigenvalue weighted by Crippen LogP contribution is 2.37. The van der Waals surface area contributed by atoms with Gasteiger partial charge in [-0.3, -0.25) is 5.32 Å². The zero-order chi connectivity index (χ0) is 13.3. The van der Waals surface area contributed by atoms with E-state index in [1.165, 1.54) is 17.8 Å². The minimum absolute atomic E-state index is 0.0231. The third kappa shape index (κ3) is 2.76. The van der Waals surface area contributed by atoms with Gasteiger partial charge in [0.05, 0.1) is 10.6 Å². The maximum absolute atomic E-state index is 12.7. The maximum atomic E-state index is 12.7. The first-order valence-electron chi connectivity index (χ1n) is 5.08. The summed E-state index contributed by atoms with van der Waals surface area (Å²) in [7, 11) is 1.77. The van der Waals surface area contributed by atoms with E-state index >= 15 is 0 Å². The Hall–Kier alpha value is -0.850. The molecule has 1 aliphatic heterocycles. The van der Waals surface area contributed by atoms with Gasteiger partial charge in [-0.25, -0.2) is 0 Å². The second-order valence-electron chi connectivity index (χ2n) is 3.67. The lowest BCUT2D eigenvalue weighted by atomic mass is 10.1. The first kappa shape index (κ1) is 13.6. The van der Waals surface area contributed by atoms with E-state index < -0.39 is 11.7 Å². The first-order chi connectivity index (χ1) is 8.41. The van der Waals surface area contributed by atoms with Crippen LogP contribution in [0.3, 0.4) is 0 Å². The molecular weight excluding hydrogens is 285 g/mol. The minimum atomic E-state index is -4.44. The topological polar surface area (TPSA) is 24.1 Å². The summed E-state index contributed by atoms with van der Waals surface area (Å²) in [4.78, 5) is 0. The van der Waals surface area contributed by atoms with E-state index in [1.807, 2.05) is 0 Å². The van der Waals surface area contributed by atoms with Crippen molar-refractivity contribution in [3.8, 4) is 0 Å².